The molecular formula is C16H25N3O2. The molecule has 5 nitrogen and oxygen atoms in total. The molecule has 1 rings (SSSR count). The summed E-state index contributed by atoms with van der Waals surface area (Å²) < 4.78 is 0. The van der Waals surface area contributed by atoms with Gasteiger partial charge in [-0.2, -0.15) is 0 Å². The smallest absolute Gasteiger partial charge is 0.241 e. The molecule has 0 fully saturated rings. The Balaban J connectivity index is 2.92. The number of carbonyl (C=O) groups is 2. The molecule has 0 spiro atoms. The van der Waals surface area contributed by atoms with Gasteiger partial charge in [0.15, 0.2) is 0 Å². The summed E-state index contributed by atoms with van der Waals surface area (Å²) in [6.07, 6.45) is 0.408. The third-order valence-corrected chi connectivity index (χ3v) is 3.40. The first-order chi connectivity index (χ1) is 9.66. The molecule has 0 aromatic heterocycles. The second-order valence-electron chi connectivity index (χ2n) is 6.21. The Kier molecular flexibility index (Phi) is 5.49. The molecule has 0 bridgehead atoms. The zero-order valence-electron chi connectivity index (χ0n) is 13.4. The molecule has 4 N–H and O–H groups in total. The van der Waals surface area contributed by atoms with Crippen LogP contribution in [0.1, 0.15) is 39.7 Å². The summed E-state index contributed by atoms with van der Waals surface area (Å²) in [7, 11) is 0. The van der Waals surface area contributed by atoms with Crippen molar-refractivity contribution in [1.82, 2.24) is 0 Å². The molecule has 0 saturated heterocycles. The third-order valence-electron chi connectivity index (χ3n) is 3.40. The maximum absolute atomic E-state index is 12.2. The molecule has 1 aromatic carbocycles. The number of carbonyl (C=O) groups excluding carboxylic acids is 2. The zero-order valence-corrected chi connectivity index (χ0v) is 13.4. The quantitative estimate of drug-likeness (QED) is 0.797. The normalized spacial score (nSPS) is 12.7. The fourth-order valence-electron chi connectivity index (χ4n) is 1.75. The maximum atomic E-state index is 12.2. The number of hydrogen-bond donors (Lipinski definition) is 3. The van der Waals surface area contributed by atoms with E-state index in [1.54, 1.807) is 19.1 Å². The average molecular weight is 291 g/mol. The molecule has 2 amide bonds. The molecule has 1 atom stereocenters. The Labute approximate surface area is 126 Å². The van der Waals surface area contributed by atoms with Gasteiger partial charge in [-0.05, 0) is 30.0 Å². The summed E-state index contributed by atoms with van der Waals surface area (Å²) in [4.78, 5) is 23.7. The zero-order chi connectivity index (χ0) is 16.2. The van der Waals surface area contributed by atoms with E-state index in [9.17, 15) is 9.59 Å². The first kappa shape index (κ1) is 17.2. The summed E-state index contributed by atoms with van der Waals surface area (Å²) in [5, 5.41) is 5.64. The Morgan fingerprint density at radius 1 is 1.19 bits per heavy atom. The molecule has 0 saturated carbocycles. The number of nitrogens with one attached hydrogen (secondary N) is 2. The van der Waals surface area contributed by atoms with Gasteiger partial charge in [0.2, 0.25) is 11.8 Å². The van der Waals surface area contributed by atoms with Crippen molar-refractivity contribution in [2.75, 3.05) is 10.6 Å². The van der Waals surface area contributed by atoms with Gasteiger partial charge in [0.05, 0.1) is 6.04 Å². The Hall–Kier alpha value is -1.88. The number of anilines is 2. The molecule has 0 radical (unpaired) electrons. The van der Waals surface area contributed by atoms with E-state index >= 15 is 0 Å². The lowest BCUT2D eigenvalue weighted by Gasteiger charge is -2.26. The molecule has 0 unspecified atom stereocenters. The maximum Gasteiger partial charge on any atom is 0.241 e. The van der Waals surface area contributed by atoms with Crippen molar-refractivity contribution >= 4 is 23.2 Å². The van der Waals surface area contributed by atoms with Crippen LogP contribution in [0, 0.1) is 12.3 Å². The summed E-state index contributed by atoms with van der Waals surface area (Å²) >= 11 is 0. The number of rotatable bonds is 4. The largest absolute Gasteiger partial charge is 0.326 e. The average Bonchev–Trinajstić information content (AvgIpc) is 2.41. The third kappa shape index (κ3) is 4.56. The highest BCUT2D eigenvalue weighted by Gasteiger charge is 2.27. The number of nitrogens with two attached hydrogens (primary N) is 1. The van der Waals surface area contributed by atoms with Crippen LogP contribution >= 0.6 is 0 Å². The second kappa shape index (κ2) is 6.72. The first-order valence-electron chi connectivity index (χ1n) is 7.12. The van der Waals surface area contributed by atoms with E-state index in [0.717, 1.165) is 5.56 Å². The summed E-state index contributed by atoms with van der Waals surface area (Å²) in [6, 6.07) is 4.79. The number of hydrogen-bond acceptors (Lipinski definition) is 3. The molecule has 0 aliphatic heterocycles. The van der Waals surface area contributed by atoms with Crippen LogP contribution in [0.5, 0.6) is 0 Å². The van der Waals surface area contributed by atoms with E-state index in [2.05, 4.69) is 10.6 Å². The lowest BCUT2D eigenvalue weighted by atomic mass is 9.87. The van der Waals surface area contributed by atoms with Crippen molar-refractivity contribution in [3.63, 3.8) is 0 Å². The van der Waals surface area contributed by atoms with Crippen LogP contribution in [0.4, 0.5) is 11.4 Å². The minimum Gasteiger partial charge on any atom is -0.326 e. The van der Waals surface area contributed by atoms with E-state index in [1.165, 1.54) is 0 Å². The fourth-order valence-corrected chi connectivity index (χ4v) is 1.75. The Morgan fingerprint density at radius 3 is 2.19 bits per heavy atom. The number of benzene rings is 1. The van der Waals surface area contributed by atoms with Gasteiger partial charge in [-0.15, -0.1) is 0 Å². The standard InChI is InChI=1S/C16H25N3O2/c1-6-13(20)18-11-8-7-9-12(10(11)2)19-15(21)14(17)16(3,4)5/h7-9,14H,6,17H2,1-5H3,(H,18,20)(H,19,21)/t14-/m1/s1. The Morgan fingerprint density at radius 2 is 1.71 bits per heavy atom. The van der Waals surface area contributed by atoms with Crippen LogP contribution in [0.25, 0.3) is 0 Å². The molecule has 1 aromatic rings. The second-order valence-corrected chi connectivity index (χ2v) is 6.21. The van der Waals surface area contributed by atoms with E-state index in [1.807, 2.05) is 33.8 Å². The van der Waals surface area contributed by atoms with E-state index in [0.29, 0.717) is 17.8 Å². The molecule has 21 heavy (non-hydrogen) atoms. The minimum atomic E-state index is -0.606. The van der Waals surface area contributed by atoms with E-state index in [4.69, 9.17) is 5.73 Å². The monoisotopic (exact) mass is 291 g/mol. The van der Waals surface area contributed by atoms with Crippen molar-refractivity contribution in [1.29, 1.82) is 0 Å². The van der Waals surface area contributed by atoms with Gasteiger partial charge >= 0.3 is 0 Å². The fraction of sp³-hybridized carbons (Fsp3) is 0.500. The van der Waals surface area contributed by atoms with Gasteiger partial charge in [-0.1, -0.05) is 33.8 Å². The van der Waals surface area contributed by atoms with E-state index < -0.39 is 6.04 Å². The first-order valence-corrected chi connectivity index (χ1v) is 7.12. The van der Waals surface area contributed by atoms with Gasteiger partial charge in [-0.25, -0.2) is 0 Å². The van der Waals surface area contributed by atoms with Crippen LogP contribution < -0.4 is 16.4 Å². The van der Waals surface area contributed by atoms with Crippen molar-refractivity contribution in [2.24, 2.45) is 11.1 Å². The predicted octanol–water partition coefficient (Wildman–Crippen LogP) is 2.66. The topological polar surface area (TPSA) is 84.2 Å². The lowest BCUT2D eigenvalue weighted by Crippen LogP contribution is -2.45. The SMILES string of the molecule is CCC(=O)Nc1cccc(NC(=O)[C@@H](N)C(C)(C)C)c1C. The van der Waals surface area contributed by atoms with Crippen molar-refractivity contribution in [2.45, 2.75) is 47.1 Å². The van der Waals surface area contributed by atoms with Gasteiger partial charge in [0, 0.05) is 17.8 Å². The Bertz CT molecular complexity index is 533. The van der Waals surface area contributed by atoms with Crippen molar-refractivity contribution in [3.05, 3.63) is 23.8 Å². The summed E-state index contributed by atoms with van der Waals surface area (Å²) in [5.41, 5.74) is 7.81. The van der Waals surface area contributed by atoms with Crippen molar-refractivity contribution < 1.29 is 9.59 Å². The van der Waals surface area contributed by atoms with E-state index in [-0.39, 0.29) is 17.2 Å². The molecule has 5 heteroatoms. The molecular weight excluding hydrogens is 266 g/mol. The van der Waals surface area contributed by atoms with Crippen LogP contribution in [0.15, 0.2) is 18.2 Å². The van der Waals surface area contributed by atoms with Crippen molar-refractivity contribution in [3.8, 4) is 0 Å². The highest BCUT2D eigenvalue weighted by atomic mass is 16.2. The van der Waals surface area contributed by atoms with Gasteiger partial charge in [0.25, 0.3) is 0 Å². The highest BCUT2D eigenvalue weighted by molar-refractivity contribution is 5.98. The summed E-state index contributed by atoms with van der Waals surface area (Å²) in [5.74, 6) is -0.294. The molecule has 0 aliphatic rings. The number of amides is 2. The molecule has 116 valence electrons. The predicted molar refractivity (Wildman–Crippen MR) is 86.2 cm³/mol. The minimum absolute atomic E-state index is 0.0621. The van der Waals surface area contributed by atoms with Crippen LogP contribution in [-0.2, 0) is 9.59 Å². The van der Waals surface area contributed by atoms with Crippen LogP contribution in [0.2, 0.25) is 0 Å². The van der Waals surface area contributed by atoms with Crippen LogP contribution in [-0.4, -0.2) is 17.9 Å². The highest BCUT2D eigenvalue weighted by Crippen LogP contribution is 2.25. The molecule has 0 heterocycles. The van der Waals surface area contributed by atoms with Gasteiger partial charge in [0.1, 0.15) is 0 Å². The van der Waals surface area contributed by atoms with Gasteiger partial charge < -0.3 is 16.4 Å². The van der Waals surface area contributed by atoms with Gasteiger partial charge in [-0.3, -0.25) is 9.59 Å². The molecule has 0 aliphatic carbocycles. The lowest BCUT2D eigenvalue weighted by molar-refractivity contribution is -0.119. The van der Waals surface area contributed by atoms with Crippen LogP contribution in [0.3, 0.4) is 0 Å². The summed E-state index contributed by atoms with van der Waals surface area (Å²) in [6.45, 7) is 9.40.